The Labute approximate surface area is 138 Å². The third kappa shape index (κ3) is 3.75. The van der Waals surface area contributed by atoms with Gasteiger partial charge in [0.2, 0.25) is 0 Å². The number of hydrogen-bond donors (Lipinski definition) is 2. The molecule has 7 heteroatoms. The van der Waals surface area contributed by atoms with Gasteiger partial charge in [-0.15, -0.1) is 0 Å². The second-order valence-corrected chi connectivity index (χ2v) is 4.78. The summed E-state index contributed by atoms with van der Waals surface area (Å²) in [6.07, 6.45) is 0. The number of amides is 1. The van der Waals surface area contributed by atoms with Crippen LogP contribution in [-0.2, 0) is 4.74 Å². The molecule has 0 heterocycles. The second-order valence-electron chi connectivity index (χ2n) is 4.78. The largest absolute Gasteiger partial charge is 0.506 e. The SMILES string of the molecule is COC(=O)c1ccc(NC(=O)c2cc(OC)cc(OC)c2)c(O)c1. The molecule has 0 saturated heterocycles. The predicted molar refractivity (Wildman–Crippen MR) is 86.9 cm³/mol. The molecule has 0 aliphatic carbocycles. The van der Waals surface area contributed by atoms with Crippen molar-refractivity contribution in [3.05, 3.63) is 47.5 Å². The van der Waals surface area contributed by atoms with E-state index in [1.165, 1.54) is 51.7 Å². The number of phenols is 1. The van der Waals surface area contributed by atoms with Crippen LogP contribution in [0.1, 0.15) is 20.7 Å². The lowest BCUT2D eigenvalue weighted by Gasteiger charge is -2.11. The fourth-order valence-corrected chi connectivity index (χ4v) is 2.02. The van der Waals surface area contributed by atoms with Crippen molar-refractivity contribution >= 4 is 17.6 Å². The van der Waals surface area contributed by atoms with Gasteiger partial charge < -0.3 is 24.6 Å². The number of anilines is 1. The first-order valence-corrected chi connectivity index (χ1v) is 6.94. The number of phenolic OH excluding ortho intramolecular Hbond substituents is 1. The van der Waals surface area contributed by atoms with Gasteiger partial charge in [0, 0.05) is 11.6 Å². The normalized spacial score (nSPS) is 9.96. The maximum absolute atomic E-state index is 12.4. The van der Waals surface area contributed by atoms with E-state index in [1.807, 2.05) is 0 Å². The van der Waals surface area contributed by atoms with Crippen LogP contribution < -0.4 is 14.8 Å². The van der Waals surface area contributed by atoms with Crippen molar-refractivity contribution in [3.8, 4) is 17.2 Å². The second kappa shape index (κ2) is 7.36. The van der Waals surface area contributed by atoms with E-state index in [0.717, 1.165) is 0 Å². The van der Waals surface area contributed by atoms with Crippen molar-refractivity contribution in [1.29, 1.82) is 0 Å². The molecule has 0 spiro atoms. The van der Waals surface area contributed by atoms with Crippen LogP contribution in [0.25, 0.3) is 0 Å². The molecule has 0 radical (unpaired) electrons. The third-order valence-corrected chi connectivity index (χ3v) is 3.28. The topological polar surface area (TPSA) is 94.1 Å². The van der Waals surface area contributed by atoms with E-state index in [1.54, 1.807) is 6.07 Å². The van der Waals surface area contributed by atoms with Crippen molar-refractivity contribution in [2.45, 2.75) is 0 Å². The first kappa shape index (κ1) is 17.1. The molecule has 2 N–H and O–H groups in total. The molecule has 0 saturated carbocycles. The number of nitrogens with one attached hydrogen (secondary N) is 1. The van der Waals surface area contributed by atoms with Crippen LogP contribution in [0.3, 0.4) is 0 Å². The van der Waals surface area contributed by atoms with Gasteiger partial charge in [-0.05, 0) is 30.3 Å². The number of aromatic hydroxyl groups is 1. The predicted octanol–water partition coefficient (Wildman–Crippen LogP) is 2.45. The van der Waals surface area contributed by atoms with Gasteiger partial charge in [-0.2, -0.15) is 0 Å². The van der Waals surface area contributed by atoms with E-state index in [2.05, 4.69) is 10.1 Å². The Morgan fingerprint density at radius 3 is 2.04 bits per heavy atom. The summed E-state index contributed by atoms with van der Waals surface area (Å²) in [5, 5.41) is 12.5. The Hall–Kier alpha value is -3.22. The molecule has 0 fully saturated rings. The summed E-state index contributed by atoms with van der Waals surface area (Å²) in [6, 6.07) is 8.78. The van der Waals surface area contributed by atoms with Crippen LogP contribution in [0.5, 0.6) is 17.2 Å². The highest BCUT2D eigenvalue weighted by Crippen LogP contribution is 2.27. The van der Waals surface area contributed by atoms with Gasteiger partial charge in [-0.25, -0.2) is 4.79 Å². The number of carbonyl (C=O) groups is 2. The molecular formula is C17H17NO6. The Bertz CT molecular complexity index is 749. The van der Waals surface area contributed by atoms with E-state index < -0.39 is 11.9 Å². The number of rotatable bonds is 5. The molecule has 0 atom stereocenters. The minimum atomic E-state index is -0.583. The molecule has 0 aliphatic rings. The third-order valence-electron chi connectivity index (χ3n) is 3.28. The van der Waals surface area contributed by atoms with Crippen LogP contribution in [0, 0.1) is 0 Å². The summed E-state index contributed by atoms with van der Waals surface area (Å²) in [4.78, 5) is 23.8. The minimum Gasteiger partial charge on any atom is -0.506 e. The fourth-order valence-electron chi connectivity index (χ4n) is 2.02. The average molecular weight is 331 g/mol. The van der Waals surface area contributed by atoms with Gasteiger partial charge in [0.25, 0.3) is 5.91 Å². The van der Waals surface area contributed by atoms with E-state index in [4.69, 9.17) is 9.47 Å². The molecule has 0 aromatic heterocycles. The first-order chi connectivity index (χ1) is 11.5. The molecule has 2 rings (SSSR count). The Morgan fingerprint density at radius 1 is 0.917 bits per heavy atom. The summed E-state index contributed by atoms with van der Waals surface area (Å²) in [5.41, 5.74) is 0.633. The molecule has 0 bridgehead atoms. The number of methoxy groups -OCH3 is 3. The average Bonchev–Trinajstić information content (AvgIpc) is 2.61. The summed E-state index contributed by atoms with van der Waals surface area (Å²) < 4.78 is 14.8. The zero-order chi connectivity index (χ0) is 17.7. The Balaban J connectivity index is 2.25. The lowest BCUT2D eigenvalue weighted by molar-refractivity contribution is 0.0600. The first-order valence-electron chi connectivity index (χ1n) is 6.94. The van der Waals surface area contributed by atoms with Gasteiger partial charge in [-0.1, -0.05) is 0 Å². The van der Waals surface area contributed by atoms with Crippen molar-refractivity contribution in [3.63, 3.8) is 0 Å². The smallest absolute Gasteiger partial charge is 0.337 e. The van der Waals surface area contributed by atoms with E-state index in [0.29, 0.717) is 17.1 Å². The summed E-state index contributed by atoms with van der Waals surface area (Å²) in [7, 11) is 4.20. The highest BCUT2D eigenvalue weighted by Gasteiger charge is 2.14. The van der Waals surface area contributed by atoms with Crippen LogP contribution in [0.2, 0.25) is 0 Å². The van der Waals surface area contributed by atoms with E-state index in [-0.39, 0.29) is 17.0 Å². The molecule has 126 valence electrons. The number of ether oxygens (including phenoxy) is 3. The van der Waals surface area contributed by atoms with Gasteiger partial charge in [0.05, 0.1) is 32.6 Å². The van der Waals surface area contributed by atoms with Crippen molar-refractivity contribution in [2.75, 3.05) is 26.6 Å². The molecule has 2 aromatic carbocycles. The maximum Gasteiger partial charge on any atom is 0.337 e. The lowest BCUT2D eigenvalue weighted by Crippen LogP contribution is -2.12. The number of benzene rings is 2. The monoisotopic (exact) mass is 331 g/mol. The van der Waals surface area contributed by atoms with Gasteiger partial charge in [-0.3, -0.25) is 4.79 Å². The molecular weight excluding hydrogens is 314 g/mol. The van der Waals surface area contributed by atoms with Crippen LogP contribution >= 0.6 is 0 Å². The molecule has 24 heavy (non-hydrogen) atoms. The highest BCUT2D eigenvalue weighted by atomic mass is 16.5. The number of esters is 1. The number of carbonyl (C=O) groups excluding carboxylic acids is 2. The summed E-state index contributed by atoms with van der Waals surface area (Å²) >= 11 is 0. The summed E-state index contributed by atoms with van der Waals surface area (Å²) in [6.45, 7) is 0. The zero-order valence-corrected chi connectivity index (χ0v) is 13.5. The van der Waals surface area contributed by atoms with E-state index >= 15 is 0 Å². The Kier molecular flexibility index (Phi) is 5.26. The van der Waals surface area contributed by atoms with Crippen molar-refractivity contribution < 1.29 is 28.9 Å². The quantitative estimate of drug-likeness (QED) is 0.645. The minimum absolute atomic E-state index is 0.162. The highest BCUT2D eigenvalue weighted by molar-refractivity contribution is 6.05. The van der Waals surface area contributed by atoms with Crippen LogP contribution in [0.15, 0.2) is 36.4 Å². The Morgan fingerprint density at radius 2 is 1.54 bits per heavy atom. The summed E-state index contributed by atoms with van der Waals surface area (Å²) in [5.74, 6) is -0.371. The van der Waals surface area contributed by atoms with E-state index in [9.17, 15) is 14.7 Å². The zero-order valence-electron chi connectivity index (χ0n) is 13.5. The van der Waals surface area contributed by atoms with Gasteiger partial charge in [0.15, 0.2) is 0 Å². The molecule has 7 nitrogen and oxygen atoms in total. The lowest BCUT2D eigenvalue weighted by atomic mass is 10.1. The van der Waals surface area contributed by atoms with Gasteiger partial charge in [0.1, 0.15) is 17.2 Å². The van der Waals surface area contributed by atoms with Crippen LogP contribution in [0.4, 0.5) is 5.69 Å². The molecule has 1 amide bonds. The standard InChI is InChI=1S/C17H17NO6/c1-22-12-6-11(7-13(9-12)23-2)16(20)18-14-5-4-10(8-15(14)19)17(21)24-3/h4-9,19H,1-3H3,(H,18,20). The van der Waals surface area contributed by atoms with Crippen LogP contribution in [-0.4, -0.2) is 38.3 Å². The molecule has 2 aromatic rings. The number of hydrogen-bond acceptors (Lipinski definition) is 6. The van der Waals surface area contributed by atoms with Crippen molar-refractivity contribution in [2.24, 2.45) is 0 Å². The molecule has 0 aliphatic heterocycles. The fraction of sp³-hybridized carbons (Fsp3) is 0.176. The molecule has 0 unspecified atom stereocenters. The maximum atomic E-state index is 12.4. The van der Waals surface area contributed by atoms with Gasteiger partial charge >= 0.3 is 5.97 Å². The van der Waals surface area contributed by atoms with Crippen molar-refractivity contribution in [1.82, 2.24) is 0 Å².